The van der Waals surface area contributed by atoms with Crippen molar-refractivity contribution in [3.63, 3.8) is 0 Å². The van der Waals surface area contributed by atoms with Crippen LogP contribution in [0, 0.1) is 18.8 Å². The first-order valence-corrected chi connectivity index (χ1v) is 11.5. The first-order valence-electron chi connectivity index (χ1n) is 11.5. The number of hydrogen-bond donors (Lipinski definition) is 3. The highest BCUT2D eigenvalue weighted by Crippen LogP contribution is 2.35. The van der Waals surface area contributed by atoms with Gasteiger partial charge in [0.15, 0.2) is 0 Å². The number of H-pyrrole nitrogens is 1. The number of nitrogens with zero attached hydrogens (tertiary/aromatic N) is 2. The third-order valence-electron chi connectivity index (χ3n) is 6.20. The minimum atomic E-state index is -0.0877. The average molecular weight is 468 g/mol. The Kier molecular flexibility index (Phi) is 7.06. The summed E-state index contributed by atoms with van der Waals surface area (Å²) in [6.45, 7) is 8.31. The number of anilines is 1. The lowest BCUT2D eigenvalue weighted by atomic mass is 10.0. The van der Waals surface area contributed by atoms with E-state index >= 15 is 0 Å². The normalized spacial score (nSPS) is 17.0. The Morgan fingerprint density at radius 1 is 1.14 bits per heavy atom. The molecule has 2 amide bonds. The Labute approximate surface area is 204 Å². The van der Waals surface area contributed by atoms with Crippen LogP contribution in [0.1, 0.15) is 25.3 Å². The molecule has 7 heteroatoms. The summed E-state index contributed by atoms with van der Waals surface area (Å²) in [7, 11) is 0. The topological polar surface area (TPSA) is 114 Å². The molecule has 0 spiro atoms. The lowest BCUT2D eigenvalue weighted by molar-refractivity contribution is -0.118. The molecule has 1 fully saturated rings. The smallest absolute Gasteiger partial charge is 0.231 e. The molecule has 1 aliphatic rings. The molecule has 0 aliphatic heterocycles. The Morgan fingerprint density at radius 3 is 2.43 bits per heavy atom. The summed E-state index contributed by atoms with van der Waals surface area (Å²) in [6, 6.07) is 18.1. The number of benzene rings is 2. The summed E-state index contributed by atoms with van der Waals surface area (Å²) in [4.78, 5) is 33.9. The first-order chi connectivity index (χ1) is 16.9. The minimum Gasteiger partial charge on any atom is -0.372 e. The number of nitrogens with one attached hydrogen (secondary N) is 2. The van der Waals surface area contributed by atoms with Crippen LogP contribution in [0.4, 0.5) is 5.69 Å². The van der Waals surface area contributed by atoms with Gasteiger partial charge < -0.3 is 16.0 Å². The van der Waals surface area contributed by atoms with Crippen LogP contribution in [0.25, 0.3) is 33.7 Å². The number of carbonyl (C=O) groups excluding carboxylic acids is 2. The van der Waals surface area contributed by atoms with Crippen molar-refractivity contribution in [2.24, 2.45) is 17.6 Å². The largest absolute Gasteiger partial charge is 0.372 e. The van der Waals surface area contributed by atoms with E-state index in [2.05, 4.69) is 65.7 Å². The van der Waals surface area contributed by atoms with Gasteiger partial charge in [-0.3, -0.25) is 14.6 Å². The van der Waals surface area contributed by atoms with E-state index in [0.29, 0.717) is 5.92 Å². The van der Waals surface area contributed by atoms with E-state index < -0.39 is 0 Å². The number of aryl methyl sites for hydroxylation is 1. The number of amides is 2. The summed E-state index contributed by atoms with van der Waals surface area (Å²) in [5.74, 6) is 1.24. The molecular formula is C28H29N5O2. The van der Waals surface area contributed by atoms with Crippen molar-refractivity contribution in [3.05, 3.63) is 78.5 Å². The number of nitrogens with two attached hydrogens (primary N) is 1. The summed E-state index contributed by atoms with van der Waals surface area (Å²) >= 11 is 0. The van der Waals surface area contributed by atoms with Crippen molar-refractivity contribution in [1.82, 2.24) is 15.0 Å². The Balaban J connectivity index is 0.000000917. The molecule has 35 heavy (non-hydrogen) atoms. The molecule has 0 radical (unpaired) electrons. The number of imidazole rings is 1. The minimum absolute atomic E-state index is 0.0329. The van der Waals surface area contributed by atoms with Gasteiger partial charge in [-0.1, -0.05) is 48.9 Å². The molecule has 7 nitrogen and oxygen atoms in total. The molecule has 2 heterocycles. The van der Waals surface area contributed by atoms with E-state index in [9.17, 15) is 4.79 Å². The number of rotatable bonds is 4. The van der Waals surface area contributed by atoms with E-state index in [4.69, 9.17) is 9.78 Å². The Bertz CT molecular complexity index is 1360. The van der Waals surface area contributed by atoms with Crippen LogP contribution >= 0.6 is 0 Å². The molecule has 2 aromatic heterocycles. The number of fused-ring (bicyclic) bond motifs is 1. The maximum atomic E-state index is 12.6. The van der Waals surface area contributed by atoms with Crippen molar-refractivity contribution in [3.8, 4) is 22.6 Å². The second-order valence-electron chi connectivity index (χ2n) is 9.00. The highest BCUT2D eigenvalue weighted by Gasteiger charge is 2.30. The molecule has 2 unspecified atom stereocenters. The molecule has 4 N–H and O–H groups in total. The van der Waals surface area contributed by atoms with Crippen LogP contribution < -0.4 is 11.1 Å². The Morgan fingerprint density at radius 2 is 1.80 bits per heavy atom. The third-order valence-corrected chi connectivity index (χ3v) is 6.20. The zero-order valence-electron chi connectivity index (χ0n) is 19.9. The van der Waals surface area contributed by atoms with Gasteiger partial charge >= 0.3 is 0 Å². The zero-order valence-corrected chi connectivity index (χ0v) is 19.9. The van der Waals surface area contributed by atoms with Gasteiger partial charge in [0.1, 0.15) is 5.82 Å². The van der Waals surface area contributed by atoms with Crippen LogP contribution in [0.3, 0.4) is 0 Å². The first kappa shape index (κ1) is 23.9. The quantitative estimate of drug-likeness (QED) is 0.281. The highest BCUT2D eigenvalue weighted by atomic mass is 16.2. The number of hydrogen-bond acceptors (Lipinski definition) is 4. The summed E-state index contributed by atoms with van der Waals surface area (Å²) in [5, 5.41) is 3.03. The van der Waals surface area contributed by atoms with Gasteiger partial charge in [-0.05, 0) is 56.0 Å². The number of aromatic nitrogens is 3. The van der Waals surface area contributed by atoms with Gasteiger partial charge in [0.05, 0.1) is 28.8 Å². The van der Waals surface area contributed by atoms with Gasteiger partial charge in [-0.2, -0.15) is 0 Å². The molecule has 0 saturated heterocycles. The molecule has 5 rings (SSSR count). The van der Waals surface area contributed by atoms with Gasteiger partial charge in [0, 0.05) is 16.8 Å². The van der Waals surface area contributed by atoms with E-state index in [1.807, 2.05) is 36.5 Å². The van der Waals surface area contributed by atoms with Crippen LogP contribution in [0.5, 0.6) is 0 Å². The fourth-order valence-corrected chi connectivity index (χ4v) is 4.40. The van der Waals surface area contributed by atoms with Gasteiger partial charge in [0.2, 0.25) is 12.3 Å². The standard InChI is InChI=1S/C27H26N4O.CH3NO/c1-16-4-6-19(7-5-16)23-14-24-25(15-28-23)31-26(30-24)20-8-10-21(11-9-20)29-27(32)22-13-17(2)12-18(22)3;2-1-3/h4-11,14-15,17,22H,3,12-13H2,1-2H3,(H,29,32)(H,30,31);1H,(H2,2,3). The van der Waals surface area contributed by atoms with Crippen LogP contribution in [-0.2, 0) is 9.59 Å². The fourth-order valence-electron chi connectivity index (χ4n) is 4.40. The fraction of sp³-hybridized carbons (Fsp3) is 0.214. The van der Waals surface area contributed by atoms with Gasteiger partial charge in [-0.25, -0.2) is 4.98 Å². The van der Waals surface area contributed by atoms with Crippen LogP contribution in [0.15, 0.2) is 72.9 Å². The van der Waals surface area contributed by atoms with E-state index in [-0.39, 0.29) is 18.2 Å². The highest BCUT2D eigenvalue weighted by molar-refractivity contribution is 5.95. The second-order valence-corrected chi connectivity index (χ2v) is 9.00. The molecule has 2 aromatic carbocycles. The molecule has 178 valence electrons. The van der Waals surface area contributed by atoms with Crippen molar-refractivity contribution >= 4 is 29.0 Å². The second kappa shape index (κ2) is 10.3. The van der Waals surface area contributed by atoms with Crippen molar-refractivity contribution in [1.29, 1.82) is 0 Å². The van der Waals surface area contributed by atoms with Crippen molar-refractivity contribution in [2.45, 2.75) is 26.7 Å². The Hall–Kier alpha value is -4.26. The van der Waals surface area contributed by atoms with E-state index in [1.54, 1.807) is 0 Å². The molecule has 1 saturated carbocycles. The van der Waals surface area contributed by atoms with Crippen molar-refractivity contribution in [2.75, 3.05) is 5.32 Å². The molecule has 4 aromatic rings. The van der Waals surface area contributed by atoms with Crippen LogP contribution in [-0.4, -0.2) is 27.3 Å². The lowest BCUT2D eigenvalue weighted by Crippen LogP contribution is -2.21. The maximum Gasteiger partial charge on any atom is 0.231 e. The predicted molar refractivity (Wildman–Crippen MR) is 139 cm³/mol. The number of pyridine rings is 1. The average Bonchev–Trinajstić information content (AvgIpc) is 3.42. The number of carbonyl (C=O) groups is 2. The van der Waals surface area contributed by atoms with Crippen LogP contribution in [0.2, 0.25) is 0 Å². The SMILES string of the molecule is C=C1CC(C)CC1C(=O)Nc1ccc(-c2nc3cc(-c4ccc(C)cc4)ncc3[nH]2)cc1.NC=O. The summed E-state index contributed by atoms with van der Waals surface area (Å²) in [6.07, 6.45) is 3.88. The maximum absolute atomic E-state index is 12.6. The number of aromatic amines is 1. The van der Waals surface area contributed by atoms with E-state index in [0.717, 1.165) is 57.8 Å². The van der Waals surface area contributed by atoms with Gasteiger partial charge in [-0.15, -0.1) is 0 Å². The predicted octanol–water partition coefficient (Wildman–Crippen LogP) is 5.24. The van der Waals surface area contributed by atoms with Crippen molar-refractivity contribution < 1.29 is 9.59 Å². The lowest BCUT2D eigenvalue weighted by Gasteiger charge is -2.12. The molecule has 2 atom stereocenters. The van der Waals surface area contributed by atoms with Gasteiger partial charge in [0.25, 0.3) is 0 Å². The zero-order chi connectivity index (χ0) is 24.9. The molecular weight excluding hydrogens is 438 g/mol. The molecule has 1 aliphatic carbocycles. The third kappa shape index (κ3) is 5.46. The summed E-state index contributed by atoms with van der Waals surface area (Å²) in [5.41, 5.74) is 11.9. The number of primary amides is 1. The molecule has 0 bridgehead atoms. The monoisotopic (exact) mass is 467 g/mol. The van der Waals surface area contributed by atoms with E-state index in [1.165, 1.54) is 5.56 Å². The summed E-state index contributed by atoms with van der Waals surface area (Å²) < 4.78 is 0.